The summed E-state index contributed by atoms with van der Waals surface area (Å²) in [4.78, 5) is 24.9. The number of ketones is 1. The highest BCUT2D eigenvalue weighted by Crippen LogP contribution is 2.18. The van der Waals surface area contributed by atoms with Crippen molar-refractivity contribution in [3.05, 3.63) is 82.6 Å². The lowest BCUT2D eigenvalue weighted by molar-refractivity contribution is 0.0474. The van der Waals surface area contributed by atoms with E-state index in [4.69, 9.17) is 13.9 Å². The third kappa shape index (κ3) is 5.27. The predicted molar refractivity (Wildman–Crippen MR) is 113 cm³/mol. The molecule has 158 valence electrons. The topological polar surface area (TPSA) is 70.7 Å². The summed E-state index contributed by atoms with van der Waals surface area (Å²) in [6.45, 7) is 8.48. The lowest BCUT2D eigenvalue weighted by atomic mass is 10.1. The van der Waals surface area contributed by atoms with Crippen LogP contribution < -0.4 is 0 Å². The van der Waals surface area contributed by atoms with E-state index in [0.29, 0.717) is 24.3 Å². The van der Waals surface area contributed by atoms with E-state index in [1.165, 1.54) is 0 Å². The number of rotatable bonds is 9. The Bertz CT molecular complexity index is 997. The van der Waals surface area contributed by atoms with E-state index in [0.717, 1.165) is 22.7 Å². The maximum atomic E-state index is 12.6. The quantitative estimate of drug-likeness (QED) is 0.378. The van der Waals surface area contributed by atoms with Gasteiger partial charge in [0.05, 0.1) is 31.1 Å². The van der Waals surface area contributed by atoms with Gasteiger partial charge in [-0.25, -0.2) is 4.79 Å². The monoisotopic (exact) mass is 409 g/mol. The number of esters is 1. The van der Waals surface area contributed by atoms with Crippen LogP contribution in [0.15, 0.2) is 53.1 Å². The summed E-state index contributed by atoms with van der Waals surface area (Å²) in [5.74, 6) is 0.0534. The minimum atomic E-state index is -0.524. The van der Waals surface area contributed by atoms with Gasteiger partial charge in [0.15, 0.2) is 6.61 Å². The van der Waals surface area contributed by atoms with E-state index in [1.807, 2.05) is 62.6 Å². The highest BCUT2D eigenvalue weighted by atomic mass is 16.5. The van der Waals surface area contributed by atoms with E-state index >= 15 is 0 Å². The summed E-state index contributed by atoms with van der Waals surface area (Å²) in [5.41, 5.74) is 3.69. The number of carbonyl (C=O) groups excluding carboxylic acids is 2. The van der Waals surface area contributed by atoms with E-state index in [-0.39, 0.29) is 18.5 Å². The Kier molecular flexibility index (Phi) is 6.90. The van der Waals surface area contributed by atoms with Crippen LogP contribution in [-0.4, -0.2) is 29.0 Å². The molecule has 2 heterocycles. The number of benzene rings is 1. The van der Waals surface area contributed by atoms with Gasteiger partial charge in [0.1, 0.15) is 5.76 Å². The van der Waals surface area contributed by atoms with Gasteiger partial charge < -0.3 is 18.5 Å². The first-order valence-corrected chi connectivity index (χ1v) is 9.95. The summed E-state index contributed by atoms with van der Waals surface area (Å²) < 4.78 is 18.2. The zero-order valence-electron chi connectivity index (χ0n) is 17.8. The highest BCUT2D eigenvalue weighted by molar-refractivity contribution is 6.00. The fourth-order valence-corrected chi connectivity index (χ4v) is 3.18. The van der Waals surface area contributed by atoms with Crippen LogP contribution in [0.25, 0.3) is 0 Å². The second-order valence-electron chi connectivity index (χ2n) is 7.51. The van der Waals surface area contributed by atoms with Crippen molar-refractivity contribution in [1.29, 1.82) is 0 Å². The van der Waals surface area contributed by atoms with Gasteiger partial charge in [0.2, 0.25) is 5.78 Å². The van der Waals surface area contributed by atoms with Gasteiger partial charge in [-0.2, -0.15) is 0 Å². The largest absolute Gasteiger partial charge is 0.467 e. The summed E-state index contributed by atoms with van der Waals surface area (Å²) in [5, 5.41) is 0. The van der Waals surface area contributed by atoms with Crippen LogP contribution in [0.2, 0.25) is 0 Å². The predicted octanol–water partition coefficient (Wildman–Crippen LogP) is 4.71. The molecule has 0 fully saturated rings. The van der Waals surface area contributed by atoms with Crippen molar-refractivity contribution >= 4 is 11.8 Å². The van der Waals surface area contributed by atoms with Crippen LogP contribution in [0.3, 0.4) is 0 Å². The highest BCUT2D eigenvalue weighted by Gasteiger charge is 2.18. The molecule has 0 saturated heterocycles. The number of hydrogen-bond donors (Lipinski definition) is 0. The summed E-state index contributed by atoms with van der Waals surface area (Å²) in [6.07, 6.45) is 1.76. The maximum absolute atomic E-state index is 12.6. The van der Waals surface area contributed by atoms with Crippen LogP contribution in [-0.2, 0) is 22.6 Å². The van der Waals surface area contributed by atoms with E-state index in [1.54, 1.807) is 18.4 Å². The van der Waals surface area contributed by atoms with Crippen LogP contribution in [0.4, 0.5) is 0 Å². The van der Waals surface area contributed by atoms with Crippen molar-refractivity contribution in [3.8, 4) is 0 Å². The number of hydrogen-bond acceptors (Lipinski definition) is 5. The molecule has 0 radical (unpaired) electrons. The molecular formula is C24H27NO5. The molecular weight excluding hydrogens is 382 g/mol. The van der Waals surface area contributed by atoms with Crippen molar-refractivity contribution < 1.29 is 23.5 Å². The molecule has 0 aliphatic heterocycles. The van der Waals surface area contributed by atoms with Gasteiger partial charge >= 0.3 is 5.97 Å². The number of furan rings is 1. The van der Waals surface area contributed by atoms with Crippen LogP contribution in [0, 0.1) is 13.8 Å². The molecule has 0 spiro atoms. The molecule has 2 aromatic heterocycles. The van der Waals surface area contributed by atoms with Crippen molar-refractivity contribution in [1.82, 2.24) is 4.57 Å². The van der Waals surface area contributed by atoms with Crippen molar-refractivity contribution in [2.24, 2.45) is 0 Å². The van der Waals surface area contributed by atoms with Crippen LogP contribution in [0.1, 0.15) is 57.3 Å². The number of Topliss-reactive ketones (excluding diaryl/α,β-unsaturated/α-hetero) is 1. The van der Waals surface area contributed by atoms with Gasteiger partial charge in [0, 0.05) is 17.0 Å². The lowest BCUT2D eigenvalue weighted by Gasteiger charge is -2.09. The smallest absolute Gasteiger partial charge is 0.338 e. The first-order valence-electron chi connectivity index (χ1n) is 9.95. The molecule has 0 N–H and O–H groups in total. The van der Waals surface area contributed by atoms with E-state index < -0.39 is 5.97 Å². The number of carbonyl (C=O) groups is 2. The molecule has 3 rings (SSSR count). The summed E-state index contributed by atoms with van der Waals surface area (Å²) in [6, 6.07) is 12.5. The van der Waals surface area contributed by atoms with Gasteiger partial charge in [-0.3, -0.25) is 4.79 Å². The van der Waals surface area contributed by atoms with Crippen molar-refractivity contribution in [2.45, 2.75) is 47.0 Å². The van der Waals surface area contributed by atoms with Gasteiger partial charge in [-0.05, 0) is 63.6 Å². The SMILES string of the molecule is Cc1cc(C(=O)COC(=O)c2ccc(COC(C)C)cc2)c(C)n1Cc1ccco1. The number of ether oxygens (including phenoxy) is 2. The fourth-order valence-electron chi connectivity index (χ4n) is 3.18. The number of aromatic nitrogens is 1. The minimum absolute atomic E-state index is 0.140. The Morgan fingerprint density at radius 3 is 2.47 bits per heavy atom. The van der Waals surface area contributed by atoms with Gasteiger partial charge in [-0.1, -0.05) is 12.1 Å². The molecule has 30 heavy (non-hydrogen) atoms. The molecule has 0 aliphatic carbocycles. The Balaban J connectivity index is 1.59. The third-order valence-corrected chi connectivity index (χ3v) is 4.88. The molecule has 3 aromatic rings. The van der Waals surface area contributed by atoms with Crippen LogP contribution in [0.5, 0.6) is 0 Å². The molecule has 0 unspecified atom stereocenters. The number of aryl methyl sites for hydroxylation is 1. The van der Waals surface area contributed by atoms with E-state index in [9.17, 15) is 9.59 Å². The van der Waals surface area contributed by atoms with Gasteiger partial charge in [-0.15, -0.1) is 0 Å². The first-order chi connectivity index (χ1) is 14.3. The van der Waals surface area contributed by atoms with Crippen molar-refractivity contribution in [3.63, 3.8) is 0 Å². The average molecular weight is 409 g/mol. The van der Waals surface area contributed by atoms with Crippen molar-refractivity contribution in [2.75, 3.05) is 6.61 Å². The standard InChI is InChI=1S/C24H27NO5/c1-16(2)29-14-19-7-9-20(10-8-19)24(27)30-15-23(26)22-12-17(3)25(18(22)4)13-21-6-5-11-28-21/h5-12,16H,13-15H2,1-4H3. The third-order valence-electron chi connectivity index (χ3n) is 4.88. The summed E-state index contributed by atoms with van der Waals surface area (Å²) in [7, 11) is 0. The Hall–Kier alpha value is -3.12. The molecule has 6 heteroatoms. The second kappa shape index (κ2) is 9.59. The number of nitrogens with zero attached hydrogens (tertiary/aromatic N) is 1. The Morgan fingerprint density at radius 1 is 1.10 bits per heavy atom. The summed E-state index contributed by atoms with van der Waals surface area (Å²) >= 11 is 0. The first kappa shape index (κ1) is 21.6. The second-order valence-corrected chi connectivity index (χ2v) is 7.51. The zero-order chi connectivity index (χ0) is 21.7. The molecule has 0 atom stereocenters. The van der Waals surface area contributed by atoms with E-state index in [2.05, 4.69) is 0 Å². The van der Waals surface area contributed by atoms with Gasteiger partial charge in [0.25, 0.3) is 0 Å². The Morgan fingerprint density at radius 2 is 1.83 bits per heavy atom. The molecule has 0 bridgehead atoms. The zero-order valence-corrected chi connectivity index (χ0v) is 17.8. The molecule has 0 saturated carbocycles. The molecule has 6 nitrogen and oxygen atoms in total. The minimum Gasteiger partial charge on any atom is -0.467 e. The maximum Gasteiger partial charge on any atom is 0.338 e. The molecule has 0 aliphatic rings. The lowest BCUT2D eigenvalue weighted by Crippen LogP contribution is -2.15. The fraction of sp³-hybridized carbons (Fsp3) is 0.333. The molecule has 0 amide bonds. The molecule has 1 aromatic carbocycles. The van der Waals surface area contributed by atoms with Crippen LogP contribution >= 0.6 is 0 Å². The average Bonchev–Trinajstić information content (AvgIpc) is 3.34. The Labute approximate surface area is 176 Å². The normalized spacial score (nSPS) is 11.1.